The number of piperazine rings is 1. The van der Waals surface area contributed by atoms with Gasteiger partial charge in [0.1, 0.15) is 5.75 Å². The van der Waals surface area contributed by atoms with Crippen LogP contribution in [0.4, 0.5) is 0 Å². The fraction of sp³-hybridized carbons (Fsp3) is 0.333. The zero-order chi connectivity index (χ0) is 20.3. The number of aromatic nitrogens is 1. The van der Waals surface area contributed by atoms with Crippen LogP contribution in [0.5, 0.6) is 5.75 Å². The van der Waals surface area contributed by atoms with Crippen molar-refractivity contribution in [1.82, 2.24) is 13.8 Å². The highest BCUT2D eigenvalue weighted by Gasteiger charge is 2.37. The second kappa shape index (κ2) is 6.84. The highest BCUT2D eigenvalue weighted by Crippen LogP contribution is 2.46. The Morgan fingerprint density at radius 2 is 1.83 bits per heavy atom. The minimum atomic E-state index is -3.64. The number of ether oxygens (including phenoxy) is 1. The lowest BCUT2D eigenvalue weighted by Gasteiger charge is -2.32. The second-order valence-corrected chi connectivity index (χ2v) is 10.4. The van der Waals surface area contributed by atoms with Gasteiger partial charge in [-0.2, -0.15) is 0 Å². The van der Waals surface area contributed by atoms with E-state index in [1.54, 1.807) is 19.2 Å². The van der Waals surface area contributed by atoms with Crippen molar-refractivity contribution < 1.29 is 13.2 Å². The van der Waals surface area contributed by atoms with E-state index in [0.717, 1.165) is 64.9 Å². The van der Waals surface area contributed by atoms with E-state index in [9.17, 15) is 8.42 Å². The Kier molecular flexibility index (Phi) is 4.51. The van der Waals surface area contributed by atoms with E-state index in [0.29, 0.717) is 10.6 Å². The molecule has 2 aliphatic rings. The SMILES string of the molecule is COc1ccc2c(c1)-c1c(CN3CCN(C)CC3)c3cc(Br)ccc3n1S2(=O)=O. The summed E-state index contributed by atoms with van der Waals surface area (Å²) in [6.45, 7) is 4.68. The third kappa shape index (κ3) is 2.92. The molecule has 0 spiro atoms. The molecule has 5 rings (SSSR count). The van der Waals surface area contributed by atoms with E-state index in [-0.39, 0.29) is 0 Å². The predicted octanol–water partition coefficient (Wildman–Crippen LogP) is 3.38. The van der Waals surface area contributed by atoms with E-state index in [1.165, 1.54) is 3.97 Å². The van der Waals surface area contributed by atoms with Gasteiger partial charge in [0, 0.05) is 53.7 Å². The van der Waals surface area contributed by atoms with Crippen LogP contribution >= 0.6 is 15.9 Å². The van der Waals surface area contributed by atoms with Crippen molar-refractivity contribution in [1.29, 1.82) is 0 Å². The smallest absolute Gasteiger partial charge is 0.269 e. The van der Waals surface area contributed by atoms with Crippen LogP contribution in [-0.4, -0.2) is 62.5 Å². The molecule has 6 nitrogen and oxygen atoms in total. The number of hydrogen-bond acceptors (Lipinski definition) is 5. The molecule has 0 saturated carbocycles. The normalized spacial score (nSPS) is 18.7. The topological polar surface area (TPSA) is 54.8 Å². The van der Waals surface area contributed by atoms with Gasteiger partial charge in [0.15, 0.2) is 0 Å². The summed E-state index contributed by atoms with van der Waals surface area (Å²) < 4.78 is 34.7. The van der Waals surface area contributed by atoms with Crippen LogP contribution < -0.4 is 4.74 Å². The van der Waals surface area contributed by atoms with Crippen LogP contribution in [0.1, 0.15) is 5.56 Å². The highest BCUT2D eigenvalue weighted by molar-refractivity contribution is 9.10. The summed E-state index contributed by atoms with van der Waals surface area (Å²) in [6.07, 6.45) is 0. The molecule has 0 aliphatic carbocycles. The van der Waals surface area contributed by atoms with Gasteiger partial charge < -0.3 is 9.64 Å². The van der Waals surface area contributed by atoms with Crippen molar-refractivity contribution in [3.8, 4) is 17.0 Å². The second-order valence-electron chi connectivity index (χ2n) is 7.70. The number of likely N-dealkylation sites (N-methyl/N-ethyl adjacent to an activating group) is 1. The number of methoxy groups -OCH3 is 1. The van der Waals surface area contributed by atoms with Crippen LogP contribution in [-0.2, 0) is 16.6 Å². The van der Waals surface area contributed by atoms with Gasteiger partial charge in [-0.05, 0) is 43.4 Å². The number of nitrogens with zero attached hydrogens (tertiary/aromatic N) is 3. The van der Waals surface area contributed by atoms with Crippen molar-refractivity contribution in [2.75, 3.05) is 40.3 Å². The largest absolute Gasteiger partial charge is 0.497 e. The summed E-state index contributed by atoms with van der Waals surface area (Å²) in [5, 5.41) is 0.977. The van der Waals surface area contributed by atoms with Crippen LogP contribution in [0.3, 0.4) is 0 Å². The van der Waals surface area contributed by atoms with Crippen molar-refractivity contribution in [3.05, 3.63) is 46.4 Å². The third-order valence-corrected chi connectivity index (χ3v) is 8.19. The van der Waals surface area contributed by atoms with Gasteiger partial charge in [-0.15, -0.1) is 0 Å². The molecule has 0 bridgehead atoms. The van der Waals surface area contributed by atoms with Crippen molar-refractivity contribution >= 4 is 36.9 Å². The minimum Gasteiger partial charge on any atom is -0.497 e. The number of halogens is 1. The van der Waals surface area contributed by atoms with Crippen LogP contribution in [0.25, 0.3) is 22.2 Å². The van der Waals surface area contributed by atoms with Gasteiger partial charge in [0.05, 0.1) is 23.2 Å². The molecule has 3 heterocycles. The number of fused-ring (bicyclic) bond motifs is 5. The minimum absolute atomic E-state index is 0.345. The molecule has 2 aliphatic heterocycles. The maximum atomic E-state index is 13.4. The molecule has 8 heteroatoms. The molecule has 152 valence electrons. The quantitative estimate of drug-likeness (QED) is 0.454. The molecule has 3 aromatic rings. The van der Waals surface area contributed by atoms with Crippen molar-refractivity contribution in [3.63, 3.8) is 0 Å². The molecule has 0 amide bonds. The summed E-state index contributed by atoms with van der Waals surface area (Å²) in [5.74, 6) is 0.657. The third-order valence-electron chi connectivity index (χ3n) is 5.93. The Bertz CT molecular complexity index is 1230. The van der Waals surface area contributed by atoms with Gasteiger partial charge in [0.2, 0.25) is 0 Å². The molecule has 0 N–H and O–H groups in total. The lowest BCUT2D eigenvalue weighted by atomic mass is 10.0. The standard InChI is InChI=1S/C21H22BrN3O3S/c1-23-7-9-24(10-8-23)13-18-16-11-14(22)3-5-19(16)25-21(18)17-12-15(28-2)4-6-20(17)29(25,26)27/h3-6,11-12H,7-10,13H2,1-2H3. The number of hydrogen-bond donors (Lipinski definition) is 0. The molecule has 1 aromatic heterocycles. The Hall–Kier alpha value is -1.87. The first-order valence-corrected chi connectivity index (χ1v) is 11.8. The molecule has 1 fully saturated rings. The number of rotatable bonds is 3. The molecule has 29 heavy (non-hydrogen) atoms. The molecular formula is C21H22BrN3O3S. The first-order valence-electron chi connectivity index (χ1n) is 9.58. The monoisotopic (exact) mass is 475 g/mol. The average molecular weight is 476 g/mol. The van der Waals surface area contributed by atoms with Crippen molar-refractivity contribution in [2.45, 2.75) is 11.4 Å². The van der Waals surface area contributed by atoms with E-state index in [4.69, 9.17) is 4.74 Å². The zero-order valence-electron chi connectivity index (χ0n) is 16.4. The average Bonchev–Trinajstić information content (AvgIpc) is 3.14. The van der Waals surface area contributed by atoms with Crippen LogP contribution in [0.2, 0.25) is 0 Å². The van der Waals surface area contributed by atoms with Gasteiger partial charge in [0.25, 0.3) is 10.0 Å². The zero-order valence-corrected chi connectivity index (χ0v) is 18.8. The molecule has 2 aromatic carbocycles. The lowest BCUT2D eigenvalue weighted by molar-refractivity contribution is 0.148. The summed E-state index contributed by atoms with van der Waals surface area (Å²) in [7, 11) is 0.0951. The Morgan fingerprint density at radius 1 is 1.07 bits per heavy atom. The van der Waals surface area contributed by atoms with E-state index >= 15 is 0 Å². The Morgan fingerprint density at radius 3 is 2.55 bits per heavy atom. The molecule has 0 unspecified atom stereocenters. The van der Waals surface area contributed by atoms with Crippen LogP contribution in [0, 0.1) is 0 Å². The van der Waals surface area contributed by atoms with Crippen LogP contribution in [0.15, 0.2) is 45.8 Å². The maximum Gasteiger partial charge on any atom is 0.269 e. The Labute approximate surface area is 178 Å². The highest BCUT2D eigenvalue weighted by atomic mass is 79.9. The molecule has 1 saturated heterocycles. The number of benzene rings is 2. The van der Waals surface area contributed by atoms with E-state index < -0.39 is 10.0 Å². The van der Waals surface area contributed by atoms with Gasteiger partial charge in [-0.3, -0.25) is 4.90 Å². The summed E-state index contributed by atoms with van der Waals surface area (Å²) in [5.41, 5.74) is 3.27. The predicted molar refractivity (Wildman–Crippen MR) is 117 cm³/mol. The van der Waals surface area contributed by atoms with E-state index in [1.807, 2.05) is 24.3 Å². The summed E-state index contributed by atoms with van der Waals surface area (Å²) in [6, 6.07) is 11.0. The van der Waals surface area contributed by atoms with Crippen molar-refractivity contribution in [2.24, 2.45) is 0 Å². The van der Waals surface area contributed by atoms with E-state index in [2.05, 4.69) is 32.8 Å². The summed E-state index contributed by atoms with van der Waals surface area (Å²) in [4.78, 5) is 5.07. The van der Waals surface area contributed by atoms with Gasteiger partial charge >= 0.3 is 0 Å². The Balaban J connectivity index is 1.76. The molecular weight excluding hydrogens is 454 g/mol. The lowest BCUT2D eigenvalue weighted by Crippen LogP contribution is -2.43. The first-order chi connectivity index (χ1) is 13.9. The maximum absolute atomic E-state index is 13.4. The molecule has 0 atom stereocenters. The van der Waals surface area contributed by atoms with Gasteiger partial charge in [-0.25, -0.2) is 12.4 Å². The van der Waals surface area contributed by atoms with Gasteiger partial charge in [-0.1, -0.05) is 15.9 Å². The summed E-state index contributed by atoms with van der Waals surface area (Å²) >= 11 is 3.56. The fourth-order valence-corrected chi connectivity index (χ4v) is 6.45. The molecule has 0 radical (unpaired) electrons. The fourth-order valence-electron chi connectivity index (χ4n) is 4.35. The first kappa shape index (κ1) is 19.1.